The maximum Gasteiger partial charge on any atom is 0.251 e. The molecule has 1 aromatic heterocycles. The van der Waals surface area contributed by atoms with Crippen LogP contribution in [0.25, 0.3) is 0 Å². The molecule has 19 heavy (non-hydrogen) atoms. The van der Waals surface area contributed by atoms with Gasteiger partial charge in [0, 0.05) is 23.7 Å². The Kier molecular flexibility index (Phi) is 4.85. The molecular formula is C13H15N3O2S. The molecule has 100 valence electrons. The standard InChI is InChI=1S/C13H15N3O2S/c14-10-2-4-11(5-3-10)18-8-1-9-19-13-15-7-6-12(17)16-13/h2-7H,1,8-9,14H2,(H,15,16,17). The maximum absolute atomic E-state index is 11.0. The largest absolute Gasteiger partial charge is 0.494 e. The minimum Gasteiger partial charge on any atom is -0.494 e. The van der Waals surface area contributed by atoms with Gasteiger partial charge in [0.25, 0.3) is 5.56 Å². The Balaban J connectivity index is 1.67. The van der Waals surface area contributed by atoms with Crippen molar-refractivity contribution in [2.24, 2.45) is 0 Å². The van der Waals surface area contributed by atoms with E-state index in [-0.39, 0.29) is 5.56 Å². The topological polar surface area (TPSA) is 81.0 Å². The van der Waals surface area contributed by atoms with Crippen molar-refractivity contribution in [1.82, 2.24) is 9.97 Å². The number of ether oxygens (including phenoxy) is 1. The van der Waals surface area contributed by atoms with E-state index in [0.29, 0.717) is 11.8 Å². The highest BCUT2D eigenvalue weighted by Crippen LogP contribution is 2.15. The Bertz CT molecular complexity index is 569. The Morgan fingerprint density at radius 3 is 2.79 bits per heavy atom. The quantitative estimate of drug-likeness (QED) is 0.365. The number of anilines is 1. The fraction of sp³-hybridized carbons (Fsp3) is 0.231. The summed E-state index contributed by atoms with van der Waals surface area (Å²) in [5.41, 5.74) is 6.18. The third-order valence-corrected chi connectivity index (χ3v) is 3.30. The summed E-state index contributed by atoms with van der Waals surface area (Å²) in [5.74, 6) is 1.65. The van der Waals surface area contributed by atoms with Crippen LogP contribution in [0.2, 0.25) is 0 Å². The third kappa shape index (κ3) is 4.67. The molecule has 2 aromatic rings. The van der Waals surface area contributed by atoms with Gasteiger partial charge in [-0.25, -0.2) is 4.98 Å². The van der Waals surface area contributed by atoms with Crippen LogP contribution in [0.1, 0.15) is 6.42 Å². The Morgan fingerprint density at radius 1 is 1.26 bits per heavy atom. The van der Waals surface area contributed by atoms with Crippen LogP contribution in [0, 0.1) is 0 Å². The Hall–Kier alpha value is -1.95. The molecule has 0 atom stereocenters. The first-order valence-corrected chi connectivity index (χ1v) is 6.89. The van der Waals surface area contributed by atoms with Gasteiger partial charge in [0.05, 0.1) is 6.61 Å². The van der Waals surface area contributed by atoms with Gasteiger partial charge in [-0.2, -0.15) is 0 Å². The van der Waals surface area contributed by atoms with E-state index in [1.807, 2.05) is 24.3 Å². The van der Waals surface area contributed by atoms with Gasteiger partial charge >= 0.3 is 0 Å². The SMILES string of the molecule is Nc1ccc(OCCCSc2nccc(=O)[nH]2)cc1. The molecule has 0 aliphatic heterocycles. The molecule has 0 spiro atoms. The summed E-state index contributed by atoms with van der Waals surface area (Å²) in [6, 6.07) is 8.71. The van der Waals surface area contributed by atoms with Gasteiger partial charge in [0.1, 0.15) is 5.75 Å². The van der Waals surface area contributed by atoms with Crippen molar-refractivity contribution in [1.29, 1.82) is 0 Å². The number of aromatic amines is 1. The first-order valence-electron chi connectivity index (χ1n) is 5.90. The smallest absolute Gasteiger partial charge is 0.251 e. The number of rotatable bonds is 6. The molecule has 0 saturated heterocycles. The van der Waals surface area contributed by atoms with Crippen LogP contribution in [0.15, 0.2) is 46.5 Å². The first kappa shape index (κ1) is 13.5. The molecule has 1 aromatic carbocycles. The zero-order chi connectivity index (χ0) is 13.5. The van der Waals surface area contributed by atoms with Crippen molar-refractivity contribution in [3.63, 3.8) is 0 Å². The highest BCUT2D eigenvalue weighted by molar-refractivity contribution is 7.99. The van der Waals surface area contributed by atoms with Gasteiger partial charge in [0.15, 0.2) is 5.16 Å². The molecule has 0 aliphatic carbocycles. The normalized spacial score (nSPS) is 10.3. The lowest BCUT2D eigenvalue weighted by atomic mass is 10.3. The van der Waals surface area contributed by atoms with E-state index < -0.39 is 0 Å². The lowest BCUT2D eigenvalue weighted by Gasteiger charge is -2.05. The molecule has 1 heterocycles. The lowest BCUT2D eigenvalue weighted by molar-refractivity contribution is 0.319. The maximum atomic E-state index is 11.0. The number of aromatic nitrogens is 2. The second kappa shape index (κ2) is 6.84. The van der Waals surface area contributed by atoms with Gasteiger partial charge in [-0.05, 0) is 30.7 Å². The Labute approximate surface area is 115 Å². The molecule has 2 rings (SSSR count). The molecule has 0 bridgehead atoms. The van der Waals surface area contributed by atoms with Crippen LogP contribution in [-0.2, 0) is 0 Å². The summed E-state index contributed by atoms with van der Waals surface area (Å²) in [4.78, 5) is 17.8. The number of nitrogens with two attached hydrogens (primary N) is 1. The minimum atomic E-state index is -0.129. The van der Waals surface area contributed by atoms with Crippen molar-refractivity contribution >= 4 is 17.4 Å². The predicted molar refractivity (Wildman–Crippen MR) is 76.5 cm³/mol. The number of hydrogen-bond donors (Lipinski definition) is 2. The van der Waals surface area contributed by atoms with Gasteiger partial charge < -0.3 is 15.5 Å². The van der Waals surface area contributed by atoms with Gasteiger partial charge in [-0.3, -0.25) is 4.79 Å². The lowest BCUT2D eigenvalue weighted by Crippen LogP contribution is -2.06. The van der Waals surface area contributed by atoms with Crippen molar-refractivity contribution in [2.75, 3.05) is 18.1 Å². The molecule has 0 radical (unpaired) electrons. The molecule has 0 saturated carbocycles. The van der Waals surface area contributed by atoms with E-state index in [9.17, 15) is 4.79 Å². The van der Waals surface area contributed by atoms with Gasteiger partial charge in [0.2, 0.25) is 0 Å². The minimum absolute atomic E-state index is 0.129. The van der Waals surface area contributed by atoms with Gasteiger partial charge in [-0.15, -0.1) is 0 Å². The average molecular weight is 277 g/mol. The number of nitrogens with one attached hydrogen (secondary N) is 1. The zero-order valence-corrected chi connectivity index (χ0v) is 11.2. The fourth-order valence-corrected chi connectivity index (χ4v) is 2.17. The van der Waals surface area contributed by atoms with Crippen molar-refractivity contribution in [2.45, 2.75) is 11.6 Å². The zero-order valence-electron chi connectivity index (χ0n) is 10.3. The molecule has 0 aliphatic rings. The second-order valence-corrected chi connectivity index (χ2v) is 4.94. The highest BCUT2D eigenvalue weighted by atomic mass is 32.2. The van der Waals surface area contributed by atoms with E-state index in [1.54, 1.807) is 0 Å². The summed E-state index contributed by atoms with van der Waals surface area (Å²) < 4.78 is 5.56. The number of H-pyrrole nitrogens is 1. The molecule has 6 heteroatoms. The number of nitrogen functional groups attached to an aromatic ring is 1. The van der Waals surface area contributed by atoms with Crippen LogP contribution in [0.5, 0.6) is 5.75 Å². The second-order valence-electron chi connectivity index (χ2n) is 3.86. The molecule has 0 fully saturated rings. The summed E-state index contributed by atoms with van der Waals surface area (Å²) in [6.07, 6.45) is 2.37. The summed E-state index contributed by atoms with van der Waals surface area (Å²) in [5, 5.41) is 0.639. The van der Waals surface area contributed by atoms with Crippen LogP contribution < -0.4 is 16.0 Å². The van der Waals surface area contributed by atoms with Crippen LogP contribution in [-0.4, -0.2) is 22.3 Å². The van der Waals surface area contributed by atoms with E-state index in [0.717, 1.165) is 23.6 Å². The third-order valence-electron chi connectivity index (χ3n) is 2.32. The summed E-state index contributed by atoms with van der Waals surface area (Å²) >= 11 is 1.51. The monoisotopic (exact) mass is 277 g/mol. The fourth-order valence-electron chi connectivity index (χ4n) is 1.41. The van der Waals surface area contributed by atoms with E-state index in [1.165, 1.54) is 24.0 Å². The van der Waals surface area contributed by atoms with Crippen molar-refractivity contribution < 1.29 is 4.74 Å². The van der Waals surface area contributed by atoms with Crippen LogP contribution in [0.4, 0.5) is 5.69 Å². The molecule has 0 amide bonds. The van der Waals surface area contributed by atoms with Gasteiger partial charge in [-0.1, -0.05) is 11.8 Å². The number of benzene rings is 1. The summed E-state index contributed by atoms with van der Waals surface area (Å²) in [6.45, 7) is 0.619. The number of thioether (sulfide) groups is 1. The van der Waals surface area contributed by atoms with Crippen molar-refractivity contribution in [3.05, 3.63) is 46.9 Å². The highest BCUT2D eigenvalue weighted by Gasteiger charge is 1.97. The molecule has 0 unspecified atom stereocenters. The van der Waals surface area contributed by atoms with Crippen LogP contribution in [0.3, 0.4) is 0 Å². The van der Waals surface area contributed by atoms with E-state index in [2.05, 4.69) is 9.97 Å². The number of hydrogen-bond acceptors (Lipinski definition) is 5. The molecule has 3 N–H and O–H groups in total. The van der Waals surface area contributed by atoms with E-state index in [4.69, 9.17) is 10.5 Å². The molecule has 5 nitrogen and oxygen atoms in total. The summed E-state index contributed by atoms with van der Waals surface area (Å²) in [7, 11) is 0. The first-order chi connectivity index (χ1) is 9.24. The molecular weight excluding hydrogens is 262 g/mol. The predicted octanol–water partition coefficient (Wildman–Crippen LogP) is 1.91. The van der Waals surface area contributed by atoms with E-state index >= 15 is 0 Å². The average Bonchev–Trinajstić information content (AvgIpc) is 2.41. The van der Waals surface area contributed by atoms with Crippen LogP contribution >= 0.6 is 11.8 Å². The van der Waals surface area contributed by atoms with Crippen molar-refractivity contribution in [3.8, 4) is 5.75 Å². The Morgan fingerprint density at radius 2 is 2.05 bits per heavy atom. The number of nitrogens with zero attached hydrogens (tertiary/aromatic N) is 1.